The Morgan fingerprint density at radius 1 is 0.264 bits per heavy atom. The zero-order valence-corrected chi connectivity index (χ0v) is 70.1. The number of anilines is 6. The van der Waals surface area contributed by atoms with Crippen LogP contribution in [0, 0.1) is 6.92 Å². The third-order valence-corrected chi connectivity index (χ3v) is 24.9. The molecule has 0 saturated carbocycles. The van der Waals surface area contributed by atoms with E-state index in [0.29, 0.717) is 10.2 Å². The number of aromatic nitrogens is 4. The average Bonchev–Trinajstić information content (AvgIpc) is 1.66. The predicted octanol–water partition coefficient (Wildman–Crippen LogP) is 29.3. The normalized spacial score (nSPS) is 11.4. The van der Waals surface area contributed by atoms with Crippen molar-refractivity contribution < 1.29 is 27.9 Å². The van der Waals surface area contributed by atoms with Crippen LogP contribution in [0.1, 0.15) is 5.56 Å². The van der Waals surface area contributed by atoms with Gasteiger partial charge in [-0.15, -0.1) is 0 Å². The van der Waals surface area contributed by atoms with Gasteiger partial charge in [-0.05, 0) is 208 Å². The van der Waals surface area contributed by atoms with Gasteiger partial charge in [-0.25, -0.2) is 0 Å². The molecule has 125 heavy (non-hydrogen) atoms. The summed E-state index contributed by atoms with van der Waals surface area (Å²) >= 11 is 3.41. The van der Waals surface area contributed by atoms with E-state index in [4.69, 9.17) is 4.18 Å². The maximum atomic E-state index is 14.0. The Morgan fingerprint density at radius 3 is 1.02 bits per heavy atom. The number of aromatic hydroxyl groups is 3. The van der Waals surface area contributed by atoms with Crippen molar-refractivity contribution >= 4 is 169 Å². The van der Waals surface area contributed by atoms with Gasteiger partial charge in [-0.2, -0.15) is 8.42 Å². The number of para-hydroxylation sites is 10. The molecule has 4 aromatic heterocycles. The van der Waals surface area contributed by atoms with Crippen LogP contribution in [0.2, 0.25) is 0 Å². The van der Waals surface area contributed by atoms with E-state index in [1.165, 1.54) is 16.2 Å². The number of phenolic OH excluding ortho intramolecular Hbond substituents is 3. The van der Waals surface area contributed by atoms with E-state index >= 15 is 0 Å². The molecule has 23 rings (SSSR count). The highest BCUT2D eigenvalue weighted by molar-refractivity contribution is 9.10. The van der Waals surface area contributed by atoms with Crippen LogP contribution >= 0.6 is 15.9 Å². The van der Waals surface area contributed by atoms with Crippen molar-refractivity contribution in [1.29, 1.82) is 0 Å². The molecule has 12 nitrogen and oxygen atoms in total. The van der Waals surface area contributed by atoms with Gasteiger partial charge < -0.3 is 47.6 Å². The van der Waals surface area contributed by atoms with Crippen molar-refractivity contribution in [2.75, 3.05) is 9.80 Å². The van der Waals surface area contributed by atoms with E-state index < -0.39 is 10.1 Å². The molecule has 0 bridgehead atoms. The Labute approximate surface area is 730 Å². The first-order valence-electron chi connectivity index (χ1n) is 41.2. The number of benzene rings is 19. The molecule has 14 heteroatoms. The van der Waals surface area contributed by atoms with Crippen LogP contribution in [0.4, 0.5) is 34.1 Å². The molecule has 0 radical (unpaired) electrons. The molecule has 0 unspecified atom stereocenters. The molecule has 602 valence electrons. The van der Waals surface area contributed by atoms with Crippen LogP contribution < -0.4 is 14.0 Å². The quantitative estimate of drug-likeness (QED) is 0.0973. The maximum Gasteiger partial charge on any atom is 0.339 e. The smallest absolute Gasteiger partial charge is 0.339 e. The molecule has 0 atom stereocenters. The van der Waals surface area contributed by atoms with Gasteiger partial charge in [0.15, 0.2) is 5.75 Å². The van der Waals surface area contributed by atoms with Gasteiger partial charge in [0.2, 0.25) is 0 Å². The minimum absolute atomic E-state index is 0.0923. The number of hydrogen-bond donors (Lipinski definition) is 3. The van der Waals surface area contributed by atoms with E-state index in [0.717, 1.165) is 149 Å². The Morgan fingerprint density at radius 2 is 0.592 bits per heavy atom. The van der Waals surface area contributed by atoms with Gasteiger partial charge in [0.25, 0.3) is 0 Å². The summed E-state index contributed by atoms with van der Waals surface area (Å²) in [6.45, 7) is 1.92. The minimum atomic E-state index is -4.20. The number of aryl methyl sites for hydroxylation is 1. The van der Waals surface area contributed by atoms with Crippen LogP contribution in [0.25, 0.3) is 132 Å². The highest BCUT2D eigenvalue weighted by atomic mass is 79.9. The summed E-state index contributed by atoms with van der Waals surface area (Å²) in [5, 5.41) is 44.9. The second-order valence-corrected chi connectivity index (χ2v) is 33.1. The highest BCUT2D eigenvalue weighted by Crippen LogP contribution is 2.49. The molecule has 0 saturated heterocycles. The van der Waals surface area contributed by atoms with Crippen LogP contribution in [0.5, 0.6) is 23.0 Å². The molecule has 4 heterocycles. The Hall–Kier alpha value is -15.9. The zero-order valence-electron chi connectivity index (χ0n) is 67.7. The third kappa shape index (κ3) is 14.9. The highest BCUT2D eigenvalue weighted by Gasteiger charge is 2.28. The summed E-state index contributed by atoms with van der Waals surface area (Å²) in [4.78, 5) is 4.30. The van der Waals surface area contributed by atoms with E-state index in [1.54, 1.807) is 30.3 Å². The van der Waals surface area contributed by atoms with Gasteiger partial charge in [0.1, 0.15) is 22.1 Å². The van der Waals surface area contributed by atoms with Crippen molar-refractivity contribution in [3.63, 3.8) is 0 Å². The zero-order chi connectivity index (χ0) is 84.7. The van der Waals surface area contributed by atoms with Gasteiger partial charge in [0, 0.05) is 113 Å². The molecule has 0 aliphatic heterocycles. The first-order valence-corrected chi connectivity index (χ1v) is 43.4. The van der Waals surface area contributed by atoms with E-state index in [2.05, 4.69) is 250 Å². The number of fused-ring (bicyclic) bond motifs is 14. The number of rotatable bonds is 13. The molecule has 0 amide bonds. The van der Waals surface area contributed by atoms with Crippen molar-refractivity contribution in [3.8, 4) is 45.7 Å². The summed E-state index contributed by atoms with van der Waals surface area (Å²) < 4.78 is 43.5. The number of nitrogens with zero attached hydrogens (tertiary/aromatic N) is 6. The lowest BCUT2D eigenvalue weighted by Crippen LogP contribution is -2.15. The van der Waals surface area contributed by atoms with E-state index in [-0.39, 0.29) is 27.9 Å². The molecule has 19 aromatic carbocycles. The number of hydrogen-bond acceptors (Lipinski definition) is 8. The van der Waals surface area contributed by atoms with Gasteiger partial charge in [-0.3, -0.25) is 0 Å². The van der Waals surface area contributed by atoms with Gasteiger partial charge >= 0.3 is 10.1 Å². The second kappa shape index (κ2) is 33.3. The molecule has 3 N–H and O–H groups in total. The molecule has 0 fully saturated rings. The molecule has 0 aliphatic carbocycles. The molecule has 0 aliphatic rings. The van der Waals surface area contributed by atoms with Crippen molar-refractivity contribution in [2.24, 2.45) is 0 Å². The maximum absolute atomic E-state index is 14.0. The summed E-state index contributed by atoms with van der Waals surface area (Å²) in [6.07, 6.45) is 0. The first kappa shape index (κ1) is 77.7. The number of halogens is 1. The second-order valence-electron chi connectivity index (χ2n) is 30.7. The summed E-state index contributed by atoms with van der Waals surface area (Å²) in [5.41, 5.74) is 18.5. The van der Waals surface area contributed by atoms with Crippen LogP contribution in [0.3, 0.4) is 0 Å². The first-order chi connectivity index (χ1) is 61.3. The fraction of sp³-hybridized carbons (Fsp3) is 0.00901. The molecule has 23 aromatic rings. The monoisotopic (exact) mass is 1700 g/mol. The average molecular weight is 1700 g/mol. The SMILES string of the molecule is Cc1ccc(S(=O)(=O)Oc2cc3c(cc2N(c2ccccc2)c2ccc4ccccc4c2)c2ccccc2n3-c2ccccc2)cc1.Oc1cc2c(cc1Br)c1ccccc1n2-c1ccccc1.Oc1cc2c(cc1N(c1ccccc1)c1ccc3ccccc3c1)c1ccccc1n2-c1ccccc1.Oc1ccc2c3ccccc3n(-c3ccccc3)c2c1. The Balaban J connectivity index is 0.000000112. The van der Waals surface area contributed by atoms with Crippen molar-refractivity contribution in [2.45, 2.75) is 11.8 Å². The predicted molar refractivity (Wildman–Crippen MR) is 519 cm³/mol. The number of phenols is 3. The Kier molecular flexibility index (Phi) is 20.7. The molecule has 0 spiro atoms. The van der Waals surface area contributed by atoms with E-state index in [1.807, 2.05) is 213 Å². The fourth-order valence-electron chi connectivity index (χ4n) is 17.3. The van der Waals surface area contributed by atoms with Crippen LogP contribution in [0.15, 0.2) is 452 Å². The van der Waals surface area contributed by atoms with Crippen molar-refractivity contribution in [3.05, 3.63) is 453 Å². The van der Waals surface area contributed by atoms with Crippen LogP contribution in [-0.4, -0.2) is 42.0 Å². The van der Waals surface area contributed by atoms with Crippen LogP contribution in [-0.2, 0) is 10.1 Å². The summed E-state index contributed by atoms with van der Waals surface area (Å²) in [7, 11) is -4.20. The lowest BCUT2D eigenvalue weighted by Gasteiger charge is -2.28. The van der Waals surface area contributed by atoms with Crippen molar-refractivity contribution in [1.82, 2.24) is 18.3 Å². The summed E-state index contributed by atoms with van der Waals surface area (Å²) in [6, 6.07) is 148. The lowest BCUT2D eigenvalue weighted by molar-refractivity contribution is 0.472. The molecular weight excluding hydrogens is 1630 g/mol. The van der Waals surface area contributed by atoms with Gasteiger partial charge in [0.05, 0.1) is 60.0 Å². The topological polar surface area (TPSA) is 130 Å². The summed E-state index contributed by atoms with van der Waals surface area (Å²) in [5.74, 6) is 0.986. The Bertz CT molecular complexity index is 8090. The van der Waals surface area contributed by atoms with Gasteiger partial charge in [-0.1, -0.05) is 260 Å². The largest absolute Gasteiger partial charge is 0.508 e. The molecular formula is C111H79BrN6O6S. The third-order valence-electron chi connectivity index (χ3n) is 23.0. The fourth-order valence-corrected chi connectivity index (χ4v) is 18.5. The standard InChI is InChI=1S/C41H30N2O3S.C34H24N2O.C18H12BrNO.C18H13NO/c1-29-20-24-35(25-21-29)47(44,45)46-41-28-39-37(36-18-10-11-19-38(36)43(39)33-16-6-3-7-17-33)27-40(41)42(32-14-4-2-5-15-32)34-23-22-30-12-8-9-13-31(30)26-34;37-34-23-32-30(29-17-9-10-18-31(29)36(32)27-15-5-2-6-16-27)22-33(34)35(26-13-3-1-4-14-26)28-20-19-24-11-7-8-12-25(24)21-28;19-15-10-14-13-8-4-5-9-16(13)20(17(14)11-18(15)21)12-6-2-1-3-7-12;20-14-10-11-16-15-8-4-5-9-17(15)19(18(16)12-14)13-6-2-1-3-7-13/h2-28H,1H3;1-23,37H;1-11,21H;1-12,20H. The van der Waals surface area contributed by atoms with E-state index in [9.17, 15) is 23.7 Å². The lowest BCUT2D eigenvalue weighted by atomic mass is 10.1. The minimum Gasteiger partial charge on any atom is -0.508 e.